The molecule has 146 valence electrons. The first-order chi connectivity index (χ1) is 13.3. The molecule has 0 aliphatic carbocycles. The molecule has 4 rings (SSSR count). The Hall–Kier alpha value is -1.72. The van der Waals surface area contributed by atoms with E-state index in [2.05, 4.69) is 39.0 Å². The van der Waals surface area contributed by atoms with Crippen molar-refractivity contribution in [2.45, 2.75) is 58.0 Å². The summed E-state index contributed by atoms with van der Waals surface area (Å²) in [6, 6.07) is 11.1. The van der Waals surface area contributed by atoms with Gasteiger partial charge in [-0.25, -0.2) is 0 Å². The van der Waals surface area contributed by atoms with Gasteiger partial charge in [0.15, 0.2) is 5.82 Å². The topological polar surface area (TPSA) is 45.4 Å². The zero-order valence-electron chi connectivity index (χ0n) is 16.5. The van der Waals surface area contributed by atoms with Crippen molar-refractivity contribution in [1.29, 1.82) is 0 Å². The summed E-state index contributed by atoms with van der Waals surface area (Å²) >= 11 is 0. The predicted molar refractivity (Wildman–Crippen MR) is 106 cm³/mol. The van der Waals surface area contributed by atoms with E-state index in [1.165, 1.54) is 50.8 Å². The monoisotopic (exact) mass is 368 g/mol. The highest BCUT2D eigenvalue weighted by molar-refractivity contribution is 5.18. The third-order valence-corrected chi connectivity index (χ3v) is 6.11. The predicted octanol–water partition coefficient (Wildman–Crippen LogP) is 3.75. The van der Waals surface area contributed by atoms with Crippen LogP contribution in [0.2, 0.25) is 0 Å². The van der Waals surface area contributed by atoms with Gasteiger partial charge in [-0.05, 0) is 57.2 Å². The summed E-state index contributed by atoms with van der Waals surface area (Å²) in [6.45, 7) is 8.01. The van der Waals surface area contributed by atoms with Crippen molar-refractivity contribution in [2.75, 3.05) is 26.2 Å². The number of piperidine rings is 2. The molecule has 0 N–H and O–H groups in total. The quantitative estimate of drug-likeness (QED) is 0.777. The van der Waals surface area contributed by atoms with Gasteiger partial charge in [0.05, 0.1) is 6.54 Å². The van der Waals surface area contributed by atoms with Crippen molar-refractivity contribution >= 4 is 0 Å². The molecule has 2 aromatic rings. The molecule has 1 aromatic heterocycles. The van der Waals surface area contributed by atoms with Crippen LogP contribution in [0.25, 0.3) is 0 Å². The summed E-state index contributed by atoms with van der Waals surface area (Å²) < 4.78 is 5.53. The smallest absolute Gasteiger partial charge is 0.240 e. The van der Waals surface area contributed by atoms with Crippen LogP contribution in [0.3, 0.4) is 0 Å². The third-order valence-electron chi connectivity index (χ3n) is 6.11. The van der Waals surface area contributed by atoms with Crippen molar-refractivity contribution in [3.05, 3.63) is 47.6 Å². The molecule has 5 nitrogen and oxygen atoms in total. The third kappa shape index (κ3) is 5.17. The van der Waals surface area contributed by atoms with Crippen LogP contribution in [-0.4, -0.2) is 52.2 Å². The van der Waals surface area contributed by atoms with Gasteiger partial charge < -0.3 is 9.42 Å². The lowest BCUT2D eigenvalue weighted by molar-refractivity contribution is 0.0865. The highest BCUT2D eigenvalue weighted by atomic mass is 16.5. The molecule has 2 atom stereocenters. The van der Waals surface area contributed by atoms with E-state index in [9.17, 15) is 0 Å². The van der Waals surface area contributed by atoms with Crippen LogP contribution in [0.4, 0.5) is 0 Å². The molecule has 0 unspecified atom stereocenters. The number of aromatic nitrogens is 2. The van der Waals surface area contributed by atoms with E-state index in [-0.39, 0.29) is 0 Å². The number of hydrogen-bond acceptors (Lipinski definition) is 5. The van der Waals surface area contributed by atoms with Gasteiger partial charge in [0.1, 0.15) is 0 Å². The van der Waals surface area contributed by atoms with Crippen molar-refractivity contribution < 1.29 is 4.52 Å². The van der Waals surface area contributed by atoms with Crippen molar-refractivity contribution in [3.63, 3.8) is 0 Å². The fourth-order valence-corrected chi connectivity index (χ4v) is 4.60. The normalized spacial score (nSPS) is 24.9. The van der Waals surface area contributed by atoms with Gasteiger partial charge >= 0.3 is 0 Å². The Labute approximate surface area is 162 Å². The second-order valence-electron chi connectivity index (χ2n) is 8.35. The second-order valence-corrected chi connectivity index (χ2v) is 8.35. The van der Waals surface area contributed by atoms with Crippen molar-refractivity contribution in [2.24, 2.45) is 5.92 Å². The van der Waals surface area contributed by atoms with Gasteiger partial charge in [-0.1, -0.05) is 41.9 Å². The second kappa shape index (κ2) is 8.98. The first-order valence-electron chi connectivity index (χ1n) is 10.6. The van der Waals surface area contributed by atoms with Gasteiger partial charge in [-0.2, -0.15) is 4.98 Å². The zero-order valence-corrected chi connectivity index (χ0v) is 16.5. The molecule has 0 saturated carbocycles. The van der Waals surface area contributed by atoms with E-state index in [4.69, 9.17) is 4.52 Å². The largest absolute Gasteiger partial charge is 0.338 e. The minimum absolute atomic E-state index is 0.736. The van der Waals surface area contributed by atoms with E-state index < -0.39 is 0 Å². The fraction of sp³-hybridized carbons (Fsp3) is 0.636. The highest BCUT2D eigenvalue weighted by Gasteiger charge is 2.26. The molecule has 0 spiro atoms. The summed E-state index contributed by atoms with van der Waals surface area (Å²) in [4.78, 5) is 9.84. The molecule has 27 heavy (non-hydrogen) atoms. The van der Waals surface area contributed by atoms with Crippen LogP contribution >= 0.6 is 0 Å². The van der Waals surface area contributed by atoms with E-state index in [0.29, 0.717) is 0 Å². The molecule has 2 aliphatic rings. The fourth-order valence-electron chi connectivity index (χ4n) is 4.60. The molecule has 1 aromatic carbocycles. The first-order valence-corrected chi connectivity index (χ1v) is 10.6. The van der Waals surface area contributed by atoms with Crippen LogP contribution < -0.4 is 0 Å². The average molecular weight is 369 g/mol. The Morgan fingerprint density at radius 1 is 1.07 bits per heavy atom. The number of benzene rings is 1. The standard InChI is InChI=1S/C22H32N4O/c1-18-8-5-6-13-26(18)16-20-11-7-12-25(15-20)17-22-23-21(24-27-22)14-19-9-3-2-4-10-19/h2-4,9-10,18,20H,5-8,11-17H2,1H3/t18-,20-/m1/s1. The van der Waals surface area contributed by atoms with Crippen LogP contribution in [-0.2, 0) is 13.0 Å². The number of nitrogens with zero attached hydrogens (tertiary/aromatic N) is 4. The molecule has 2 fully saturated rings. The first kappa shape index (κ1) is 18.6. The molecule has 2 aliphatic heterocycles. The van der Waals surface area contributed by atoms with Crippen LogP contribution in [0.5, 0.6) is 0 Å². The Morgan fingerprint density at radius 2 is 1.96 bits per heavy atom. The summed E-state index contributed by atoms with van der Waals surface area (Å²) in [5.74, 6) is 2.31. The van der Waals surface area contributed by atoms with Crippen LogP contribution in [0.1, 0.15) is 56.3 Å². The molecule has 5 heteroatoms. The summed E-state index contributed by atoms with van der Waals surface area (Å²) in [7, 11) is 0. The maximum Gasteiger partial charge on any atom is 0.240 e. The lowest BCUT2D eigenvalue weighted by Gasteiger charge is -2.39. The minimum atomic E-state index is 0.736. The van der Waals surface area contributed by atoms with Crippen molar-refractivity contribution in [3.8, 4) is 0 Å². The van der Waals surface area contributed by atoms with E-state index >= 15 is 0 Å². The molecular formula is C22H32N4O. The Bertz CT molecular complexity index is 701. The molecule has 3 heterocycles. The Kier molecular flexibility index (Phi) is 6.20. The molecule has 0 radical (unpaired) electrons. The average Bonchev–Trinajstić information content (AvgIpc) is 3.11. The Balaban J connectivity index is 1.29. The lowest BCUT2D eigenvalue weighted by Crippen LogP contribution is -2.45. The number of rotatable bonds is 6. The van der Waals surface area contributed by atoms with Crippen LogP contribution in [0.15, 0.2) is 34.9 Å². The zero-order chi connectivity index (χ0) is 18.5. The van der Waals surface area contributed by atoms with Crippen LogP contribution in [0, 0.1) is 5.92 Å². The number of likely N-dealkylation sites (tertiary alicyclic amines) is 2. The van der Waals surface area contributed by atoms with Gasteiger partial charge in [-0.15, -0.1) is 0 Å². The SMILES string of the molecule is C[C@@H]1CCCCN1C[C@@H]1CCCN(Cc2nc(Cc3ccccc3)no2)C1. The van der Waals surface area contributed by atoms with E-state index in [1.54, 1.807) is 0 Å². The van der Waals surface area contributed by atoms with Gasteiger partial charge in [-0.3, -0.25) is 4.90 Å². The molecular weight excluding hydrogens is 336 g/mol. The van der Waals surface area contributed by atoms with Gasteiger partial charge in [0.2, 0.25) is 5.89 Å². The number of hydrogen-bond donors (Lipinski definition) is 0. The summed E-state index contributed by atoms with van der Waals surface area (Å²) in [6.07, 6.45) is 7.49. The van der Waals surface area contributed by atoms with Gasteiger partial charge in [0.25, 0.3) is 0 Å². The summed E-state index contributed by atoms with van der Waals surface area (Å²) in [5, 5.41) is 4.18. The maximum atomic E-state index is 5.53. The maximum absolute atomic E-state index is 5.53. The lowest BCUT2D eigenvalue weighted by atomic mass is 9.95. The van der Waals surface area contributed by atoms with Crippen molar-refractivity contribution in [1.82, 2.24) is 19.9 Å². The molecule has 2 saturated heterocycles. The van der Waals surface area contributed by atoms with E-state index in [1.807, 2.05) is 18.2 Å². The minimum Gasteiger partial charge on any atom is -0.338 e. The molecule has 0 bridgehead atoms. The summed E-state index contributed by atoms with van der Waals surface area (Å²) in [5.41, 5.74) is 1.22. The van der Waals surface area contributed by atoms with E-state index in [0.717, 1.165) is 49.7 Å². The highest BCUT2D eigenvalue weighted by Crippen LogP contribution is 2.23. The Morgan fingerprint density at radius 3 is 2.81 bits per heavy atom. The molecule has 0 amide bonds. The van der Waals surface area contributed by atoms with Gasteiger partial charge in [0, 0.05) is 25.6 Å².